The van der Waals surface area contributed by atoms with Gasteiger partial charge in [0.15, 0.2) is 17.5 Å². The maximum absolute atomic E-state index is 12.7. The van der Waals surface area contributed by atoms with Gasteiger partial charge in [0, 0.05) is 35.7 Å². The number of nitriles is 1. The Morgan fingerprint density at radius 2 is 1.88 bits per heavy atom. The average Bonchev–Trinajstić information content (AvgIpc) is 3.01. The Bertz CT molecular complexity index is 850. The number of urea groups is 1. The molecule has 0 radical (unpaired) electrons. The van der Waals surface area contributed by atoms with E-state index in [0.717, 1.165) is 0 Å². The molecule has 2 amide bonds. The predicted molar refractivity (Wildman–Crippen MR) is 91.4 cm³/mol. The van der Waals surface area contributed by atoms with Crippen molar-refractivity contribution < 1.29 is 9.59 Å². The molecule has 3 rings (SSSR count). The number of carbonyl (C=O) groups is 2. The molecule has 0 bridgehead atoms. The van der Waals surface area contributed by atoms with E-state index in [-0.39, 0.29) is 17.6 Å². The average molecular weight is 335 g/mol. The van der Waals surface area contributed by atoms with Gasteiger partial charge < -0.3 is 5.32 Å². The van der Waals surface area contributed by atoms with Crippen LogP contribution < -0.4 is 10.2 Å². The molecule has 0 saturated carbocycles. The van der Waals surface area contributed by atoms with Gasteiger partial charge in [-0.25, -0.2) is 14.8 Å². The fourth-order valence-corrected chi connectivity index (χ4v) is 2.81. The molecule has 1 fully saturated rings. The zero-order valence-corrected chi connectivity index (χ0v) is 14.0. The van der Waals surface area contributed by atoms with E-state index in [1.165, 1.54) is 0 Å². The zero-order valence-electron chi connectivity index (χ0n) is 14.0. The summed E-state index contributed by atoms with van der Waals surface area (Å²) in [7, 11) is 0. The number of ketones is 1. The third-order valence-corrected chi connectivity index (χ3v) is 3.97. The number of benzene rings is 1. The van der Waals surface area contributed by atoms with Crippen LogP contribution in [0.4, 0.5) is 10.5 Å². The summed E-state index contributed by atoms with van der Waals surface area (Å²) in [5.41, 5.74) is 2.53. The lowest BCUT2D eigenvalue weighted by atomic mass is 9.97. The minimum absolute atomic E-state index is 0.155. The lowest BCUT2D eigenvalue weighted by Gasteiger charge is -2.15. The first-order valence-corrected chi connectivity index (χ1v) is 7.91. The molecule has 1 aromatic heterocycles. The molecule has 1 aromatic carbocycles. The summed E-state index contributed by atoms with van der Waals surface area (Å²) in [5, 5.41) is 12.2. The molecule has 1 atom stereocenters. The van der Waals surface area contributed by atoms with Crippen molar-refractivity contribution in [3.05, 3.63) is 53.1 Å². The molecule has 0 spiro atoms. The normalized spacial score (nSPS) is 14.8. The van der Waals surface area contributed by atoms with E-state index >= 15 is 0 Å². The van der Waals surface area contributed by atoms with Crippen LogP contribution in [0.2, 0.25) is 0 Å². The number of rotatable bonds is 4. The SMILES string of the molecule is Cc1cc(C)nc([C@H](C#N)C(=O)c2ccc(N3CCNC3=O)cc2)n1. The van der Waals surface area contributed by atoms with E-state index in [9.17, 15) is 14.9 Å². The van der Waals surface area contributed by atoms with Crippen molar-refractivity contribution in [3.8, 4) is 6.07 Å². The largest absolute Gasteiger partial charge is 0.336 e. The second-order valence-electron chi connectivity index (χ2n) is 5.87. The topological polar surface area (TPSA) is 99.0 Å². The second kappa shape index (κ2) is 6.69. The number of hydrogen-bond donors (Lipinski definition) is 1. The molecule has 0 aliphatic carbocycles. The Balaban J connectivity index is 1.86. The van der Waals surface area contributed by atoms with Gasteiger partial charge in [0.2, 0.25) is 0 Å². The first-order chi connectivity index (χ1) is 12.0. The van der Waals surface area contributed by atoms with Crippen molar-refractivity contribution in [2.75, 3.05) is 18.0 Å². The van der Waals surface area contributed by atoms with Crippen LogP contribution in [-0.4, -0.2) is 34.9 Å². The lowest BCUT2D eigenvalue weighted by Crippen LogP contribution is -2.27. The third kappa shape index (κ3) is 3.33. The van der Waals surface area contributed by atoms with Gasteiger partial charge in [-0.2, -0.15) is 5.26 Å². The first-order valence-electron chi connectivity index (χ1n) is 7.91. The molecule has 1 aliphatic heterocycles. The summed E-state index contributed by atoms with van der Waals surface area (Å²) in [6.07, 6.45) is 0. The van der Waals surface area contributed by atoms with Crippen molar-refractivity contribution in [1.82, 2.24) is 15.3 Å². The molecule has 1 aliphatic rings. The highest BCUT2D eigenvalue weighted by Gasteiger charge is 2.26. The fraction of sp³-hybridized carbons (Fsp3) is 0.278. The Labute approximate surface area is 145 Å². The van der Waals surface area contributed by atoms with E-state index in [1.807, 2.05) is 6.07 Å². The minimum atomic E-state index is -1.06. The summed E-state index contributed by atoms with van der Waals surface area (Å²) in [5.74, 6) is -1.20. The maximum atomic E-state index is 12.7. The molecule has 25 heavy (non-hydrogen) atoms. The Hall–Kier alpha value is -3.27. The highest BCUT2D eigenvalue weighted by Crippen LogP contribution is 2.22. The van der Waals surface area contributed by atoms with Crippen LogP contribution in [0.25, 0.3) is 0 Å². The Morgan fingerprint density at radius 1 is 1.24 bits per heavy atom. The smallest absolute Gasteiger partial charge is 0.321 e. The number of carbonyl (C=O) groups excluding carboxylic acids is 2. The molecular weight excluding hydrogens is 318 g/mol. The number of anilines is 1. The lowest BCUT2D eigenvalue weighted by molar-refractivity contribution is 0.0976. The van der Waals surface area contributed by atoms with Gasteiger partial charge in [0.05, 0.1) is 6.07 Å². The van der Waals surface area contributed by atoms with Crippen LogP contribution in [-0.2, 0) is 0 Å². The molecule has 1 saturated heterocycles. The molecule has 1 N–H and O–H groups in total. The summed E-state index contributed by atoms with van der Waals surface area (Å²) in [4.78, 5) is 34.4. The van der Waals surface area contributed by atoms with Crippen molar-refractivity contribution in [3.63, 3.8) is 0 Å². The number of nitrogens with one attached hydrogen (secondary N) is 1. The van der Waals surface area contributed by atoms with E-state index in [2.05, 4.69) is 15.3 Å². The molecular formula is C18H17N5O2. The van der Waals surface area contributed by atoms with Gasteiger partial charge in [-0.3, -0.25) is 9.69 Å². The van der Waals surface area contributed by atoms with Gasteiger partial charge >= 0.3 is 6.03 Å². The highest BCUT2D eigenvalue weighted by molar-refractivity contribution is 6.03. The first kappa shape index (κ1) is 16.6. The molecule has 0 unspecified atom stereocenters. The monoisotopic (exact) mass is 335 g/mol. The van der Waals surface area contributed by atoms with E-state index in [1.54, 1.807) is 49.1 Å². The highest BCUT2D eigenvalue weighted by atomic mass is 16.2. The van der Waals surface area contributed by atoms with Crippen LogP contribution in [0, 0.1) is 25.2 Å². The van der Waals surface area contributed by atoms with Crippen LogP contribution in [0.3, 0.4) is 0 Å². The molecule has 7 heteroatoms. The number of hydrogen-bond acceptors (Lipinski definition) is 5. The number of nitrogens with zero attached hydrogens (tertiary/aromatic N) is 4. The number of aryl methyl sites for hydroxylation is 2. The maximum Gasteiger partial charge on any atom is 0.321 e. The van der Waals surface area contributed by atoms with E-state index in [0.29, 0.717) is 35.7 Å². The van der Waals surface area contributed by atoms with E-state index in [4.69, 9.17) is 0 Å². The van der Waals surface area contributed by atoms with Crippen LogP contribution >= 0.6 is 0 Å². The van der Waals surface area contributed by atoms with Crippen molar-refractivity contribution in [2.45, 2.75) is 19.8 Å². The summed E-state index contributed by atoms with van der Waals surface area (Å²) >= 11 is 0. The summed E-state index contributed by atoms with van der Waals surface area (Å²) in [6, 6.07) is 10.3. The van der Waals surface area contributed by atoms with Crippen LogP contribution in [0.5, 0.6) is 0 Å². The predicted octanol–water partition coefficient (Wildman–Crippen LogP) is 2.11. The molecule has 7 nitrogen and oxygen atoms in total. The second-order valence-corrected chi connectivity index (χ2v) is 5.87. The molecule has 2 aromatic rings. The quantitative estimate of drug-likeness (QED) is 0.863. The van der Waals surface area contributed by atoms with Gasteiger partial charge in [0.25, 0.3) is 0 Å². The van der Waals surface area contributed by atoms with Gasteiger partial charge in [-0.05, 0) is 44.2 Å². The standard InChI is InChI=1S/C18H17N5O2/c1-11-9-12(2)22-17(21-11)15(10-19)16(24)13-3-5-14(6-4-13)23-8-7-20-18(23)25/h3-6,9,15H,7-8H2,1-2H3,(H,20,25)/t15-/m1/s1. The number of Topliss-reactive ketones (excluding diaryl/α,β-unsaturated/α-hetero) is 1. The summed E-state index contributed by atoms with van der Waals surface area (Å²) in [6.45, 7) is 4.78. The van der Waals surface area contributed by atoms with Gasteiger partial charge in [0.1, 0.15) is 0 Å². The Morgan fingerprint density at radius 3 is 2.40 bits per heavy atom. The zero-order chi connectivity index (χ0) is 18.0. The number of aromatic nitrogens is 2. The van der Waals surface area contributed by atoms with Crippen molar-refractivity contribution in [1.29, 1.82) is 5.26 Å². The van der Waals surface area contributed by atoms with Crippen molar-refractivity contribution >= 4 is 17.5 Å². The molecule has 126 valence electrons. The minimum Gasteiger partial charge on any atom is -0.336 e. The van der Waals surface area contributed by atoms with Crippen molar-refractivity contribution in [2.24, 2.45) is 0 Å². The van der Waals surface area contributed by atoms with E-state index < -0.39 is 5.92 Å². The van der Waals surface area contributed by atoms with Gasteiger partial charge in [-0.1, -0.05) is 0 Å². The third-order valence-electron chi connectivity index (χ3n) is 3.97. The molecule has 2 heterocycles. The summed E-state index contributed by atoms with van der Waals surface area (Å²) < 4.78 is 0. The van der Waals surface area contributed by atoms with Crippen LogP contribution in [0.1, 0.15) is 33.5 Å². The Kier molecular flexibility index (Phi) is 4.44. The van der Waals surface area contributed by atoms with Crippen LogP contribution in [0.15, 0.2) is 30.3 Å². The fourth-order valence-electron chi connectivity index (χ4n) is 2.81. The number of amides is 2. The van der Waals surface area contributed by atoms with Gasteiger partial charge in [-0.15, -0.1) is 0 Å².